The van der Waals surface area contributed by atoms with E-state index in [1.807, 2.05) is 18.2 Å². The minimum atomic E-state index is 0.996. The molecule has 4 heteroatoms. The van der Waals surface area contributed by atoms with Gasteiger partial charge in [-0.2, -0.15) is 5.10 Å². The molecule has 2 rings (SSSR count). The van der Waals surface area contributed by atoms with Gasteiger partial charge in [-0.3, -0.25) is 5.10 Å². The molecule has 0 unspecified atom stereocenters. The summed E-state index contributed by atoms with van der Waals surface area (Å²) in [5, 5.41) is 11.5. The maximum atomic E-state index is 4.59. The van der Waals surface area contributed by atoms with E-state index in [-0.39, 0.29) is 0 Å². The fourth-order valence-corrected chi connectivity index (χ4v) is 1.16. The van der Waals surface area contributed by atoms with Gasteiger partial charge in [-0.15, -0.1) is 0 Å². The van der Waals surface area contributed by atoms with Crippen LogP contribution in [0.3, 0.4) is 0 Å². The summed E-state index contributed by atoms with van der Waals surface area (Å²) in [5.41, 5.74) is 2.02. The molecule has 0 radical (unpaired) electrons. The van der Waals surface area contributed by atoms with Crippen molar-refractivity contribution in [1.29, 1.82) is 0 Å². The lowest BCUT2D eigenvalue weighted by atomic mass is 10.2. The number of hydrogen-bond donors (Lipinski definition) is 1. The Bertz CT molecular complexity index is 433. The maximum absolute atomic E-state index is 4.59. The number of nitrogens with zero attached hydrogens (tertiary/aromatic N) is 2. The van der Waals surface area contributed by atoms with Gasteiger partial charge in [0.2, 0.25) is 0 Å². The van der Waals surface area contributed by atoms with E-state index in [1.165, 1.54) is 7.11 Å². The van der Waals surface area contributed by atoms with Gasteiger partial charge in [0.05, 0.1) is 17.9 Å². The topological polar surface area (TPSA) is 50.3 Å². The van der Waals surface area contributed by atoms with Crippen molar-refractivity contribution in [1.82, 2.24) is 10.2 Å². The van der Waals surface area contributed by atoms with Gasteiger partial charge < -0.3 is 4.84 Å². The highest BCUT2D eigenvalue weighted by Crippen LogP contribution is 2.11. The molecule has 4 nitrogen and oxygen atoms in total. The SMILES string of the molecule is CO/N=C/c1ccc2[nH]ncc2c1. The number of rotatable bonds is 2. The number of aromatic amines is 1. The third-order valence-electron chi connectivity index (χ3n) is 1.77. The van der Waals surface area contributed by atoms with Crippen LogP contribution in [-0.2, 0) is 4.84 Å². The molecule has 66 valence electrons. The molecular formula is C9H9N3O. The molecular weight excluding hydrogens is 166 g/mol. The first-order chi connectivity index (χ1) is 6.40. The van der Waals surface area contributed by atoms with Crippen LogP contribution >= 0.6 is 0 Å². The van der Waals surface area contributed by atoms with Crippen molar-refractivity contribution >= 4 is 17.1 Å². The van der Waals surface area contributed by atoms with Crippen LogP contribution < -0.4 is 0 Å². The molecule has 0 aliphatic carbocycles. The van der Waals surface area contributed by atoms with Crippen molar-refractivity contribution in [3.05, 3.63) is 30.0 Å². The zero-order chi connectivity index (χ0) is 9.10. The lowest BCUT2D eigenvalue weighted by molar-refractivity contribution is 0.215. The van der Waals surface area contributed by atoms with Crippen molar-refractivity contribution in [2.45, 2.75) is 0 Å². The van der Waals surface area contributed by atoms with E-state index >= 15 is 0 Å². The molecule has 2 aromatic rings. The molecule has 0 bridgehead atoms. The Morgan fingerprint density at radius 2 is 2.46 bits per heavy atom. The maximum Gasteiger partial charge on any atom is 0.106 e. The summed E-state index contributed by atoms with van der Waals surface area (Å²) in [6.07, 6.45) is 3.44. The standard InChI is InChI=1S/C9H9N3O/c1-13-11-5-7-2-3-9-8(4-7)6-10-12-9/h2-6H,1H3,(H,10,12)/b11-5+. The second-order valence-electron chi connectivity index (χ2n) is 2.63. The Hall–Kier alpha value is -1.84. The van der Waals surface area contributed by atoms with E-state index < -0.39 is 0 Å². The number of oxime groups is 1. The highest BCUT2D eigenvalue weighted by molar-refractivity contribution is 5.88. The highest BCUT2D eigenvalue weighted by atomic mass is 16.6. The first-order valence-corrected chi connectivity index (χ1v) is 3.90. The number of benzene rings is 1. The Kier molecular flexibility index (Phi) is 1.96. The Balaban J connectivity index is 2.42. The quantitative estimate of drug-likeness (QED) is 0.556. The minimum Gasteiger partial charge on any atom is -0.399 e. The molecule has 1 N–H and O–H groups in total. The summed E-state index contributed by atoms with van der Waals surface area (Å²) in [4.78, 5) is 4.59. The van der Waals surface area contributed by atoms with E-state index in [0.29, 0.717) is 0 Å². The predicted octanol–water partition coefficient (Wildman–Crippen LogP) is 1.54. The Labute approximate surface area is 75.2 Å². The van der Waals surface area contributed by atoms with E-state index in [2.05, 4.69) is 20.2 Å². The normalized spacial score (nSPS) is 11.2. The molecule has 1 aromatic heterocycles. The molecule has 0 aliphatic heterocycles. The second-order valence-corrected chi connectivity index (χ2v) is 2.63. The van der Waals surface area contributed by atoms with Gasteiger partial charge in [0, 0.05) is 5.39 Å². The van der Waals surface area contributed by atoms with E-state index in [9.17, 15) is 0 Å². The predicted molar refractivity (Wildman–Crippen MR) is 50.7 cm³/mol. The van der Waals surface area contributed by atoms with Crippen molar-refractivity contribution in [3.8, 4) is 0 Å². The summed E-state index contributed by atoms with van der Waals surface area (Å²) in [6, 6.07) is 5.89. The van der Waals surface area contributed by atoms with E-state index in [0.717, 1.165) is 16.5 Å². The molecule has 0 fully saturated rings. The fourth-order valence-electron chi connectivity index (χ4n) is 1.16. The summed E-state index contributed by atoms with van der Waals surface area (Å²) in [6.45, 7) is 0. The van der Waals surface area contributed by atoms with Gasteiger partial charge in [0.1, 0.15) is 7.11 Å². The third-order valence-corrected chi connectivity index (χ3v) is 1.77. The number of fused-ring (bicyclic) bond motifs is 1. The van der Waals surface area contributed by atoms with Gasteiger partial charge in [0.25, 0.3) is 0 Å². The highest BCUT2D eigenvalue weighted by Gasteiger charge is 1.95. The van der Waals surface area contributed by atoms with Crippen molar-refractivity contribution in [3.63, 3.8) is 0 Å². The van der Waals surface area contributed by atoms with Crippen LogP contribution in [0.4, 0.5) is 0 Å². The molecule has 1 aromatic carbocycles. The average Bonchev–Trinajstić information content (AvgIpc) is 2.61. The van der Waals surface area contributed by atoms with Crippen LogP contribution in [0.5, 0.6) is 0 Å². The average molecular weight is 175 g/mol. The van der Waals surface area contributed by atoms with Gasteiger partial charge in [-0.1, -0.05) is 11.2 Å². The third kappa shape index (κ3) is 1.51. The first-order valence-electron chi connectivity index (χ1n) is 3.90. The summed E-state index contributed by atoms with van der Waals surface area (Å²) in [5.74, 6) is 0. The zero-order valence-electron chi connectivity index (χ0n) is 7.19. The van der Waals surface area contributed by atoms with Crippen LogP contribution in [-0.4, -0.2) is 23.5 Å². The van der Waals surface area contributed by atoms with Gasteiger partial charge in [0.15, 0.2) is 0 Å². The van der Waals surface area contributed by atoms with Crippen LogP contribution in [0.25, 0.3) is 10.9 Å². The molecule has 0 amide bonds. The smallest absolute Gasteiger partial charge is 0.106 e. The van der Waals surface area contributed by atoms with Crippen molar-refractivity contribution in [2.24, 2.45) is 5.16 Å². The zero-order valence-corrected chi connectivity index (χ0v) is 7.19. The molecule has 1 heterocycles. The lowest BCUT2D eigenvalue weighted by Crippen LogP contribution is -1.80. The van der Waals surface area contributed by atoms with Gasteiger partial charge in [-0.25, -0.2) is 0 Å². The fraction of sp³-hybridized carbons (Fsp3) is 0.111. The lowest BCUT2D eigenvalue weighted by Gasteiger charge is -1.92. The number of nitrogens with one attached hydrogen (secondary N) is 1. The van der Waals surface area contributed by atoms with E-state index in [4.69, 9.17) is 0 Å². The first kappa shape index (κ1) is 7.79. The van der Waals surface area contributed by atoms with Gasteiger partial charge >= 0.3 is 0 Å². The van der Waals surface area contributed by atoms with Crippen LogP contribution in [0.15, 0.2) is 29.6 Å². The second kappa shape index (κ2) is 3.26. The number of aromatic nitrogens is 2. The Morgan fingerprint density at radius 1 is 1.54 bits per heavy atom. The number of hydrogen-bond acceptors (Lipinski definition) is 3. The monoisotopic (exact) mass is 175 g/mol. The summed E-state index contributed by atoms with van der Waals surface area (Å²) in [7, 11) is 1.52. The summed E-state index contributed by atoms with van der Waals surface area (Å²) < 4.78 is 0. The Morgan fingerprint density at radius 3 is 3.31 bits per heavy atom. The molecule has 0 aliphatic rings. The van der Waals surface area contributed by atoms with Crippen LogP contribution in [0.2, 0.25) is 0 Å². The van der Waals surface area contributed by atoms with Gasteiger partial charge in [-0.05, 0) is 17.7 Å². The van der Waals surface area contributed by atoms with Crippen molar-refractivity contribution in [2.75, 3.05) is 7.11 Å². The largest absolute Gasteiger partial charge is 0.399 e. The molecule has 13 heavy (non-hydrogen) atoms. The van der Waals surface area contributed by atoms with Crippen LogP contribution in [0, 0.1) is 0 Å². The number of H-pyrrole nitrogens is 1. The molecule has 0 saturated carbocycles. The molecule has 0 saturated heterocycles. The molecule has 0 spiro atoms. The van der Waals surface area contributed by atoms with E-state index in [1.54, 1.807) is 12.4 Å². The molecule has 0 atom stereocenters. The summed E-state index contributed by atoms with van der Waals surface area (Å²) >= 11 is 0. The van der Waals surface area contributed by atoms with Crippen molar-refractivity contribution < 1.29 is 4.84 Å². The van der Waals surface area contributed by atoms with Crippen LogP contribution in [0.1, 0.15) is 5.56 Å². The minimum absolute atomic E-state index is 0.996.